The molecule has 1 N–H and O–H groups in total. The number of nitrogens with one attached hydrogen (secondary N) is 1. The van der Waals surface area contributed by atoms with Crippen molar-refractivity contribution >= 4 is 27.5 Å². The van der Waals surface area contributed by atoms with Crippen molar-refractivity contribution in [1.29, 1.82) is 0 Å². The molecule has 8 nitrogen and oxygen atoms in total. The minimum Gasteiger partial charge on any atom is -0.482 e. The van der Waals surface area contributed by atoms with Crippen LogP contribution >= 0.6 is 0 Å². The summed E-state index contributed by atoms with van der Waals surface area (Å²) in [5, 5.41) is 2.65. The molecule has 9 heteroatoms. The first kappa shape index (κ1) is 20.6. The number of amides is 2. The van der Waals surface area contributed by atoms with E-state index >= 15 is 0 Å². The minimum absolute atomic E-state index is 0.100. The van der Waals surface area contributed by atoms with E-state index in [0.29, 0.717) is 37.4 Å². The second-order valence-electron chi connectivity index (χ2n) is 7.29. The van der Waals surface area contributed by atoms with Gasteiger partial charge in [0, 0.05) is 38.7 Å². The van der Waals surface area contributed by atoms with Crippen LogP contribution in [0.25, 0.3) is 0 Å². The molecule has 0 saturated carbocycles. The van der Waals surface area contributed by atoms with Gasteiger partial charge in [0.05, 0.1) is 10.6 Å². The highest BCUT2D eigenvalue weighted by atomic mass is 32.2. The van der Waals surface area contributed by atoms with E-state index in [1.165, 1.54) is 22.5 Å². The number of fused-ring (bicyclic) bond motifs is 1. The number of nitrogens with zero attached hydrogens (tertiary/aromatic N) is 2. The normalized spacial score (nSPS) is 18.1. The van der Waals surface area contributed by atoms with Gasteiger partial charge in [-0.25, -0.2) is 8.42 Å². The summed E-state index contributed by atoms with van der Waals surface area (Å²) in [4.78, 5) is 25.8. The molecule has 1 saturated heterocycles. The van der Waals surface area contributed by atoms with Crippen molar-refractivity contribution in [1.82, 2.24) is 9.21 Å². The average molecular weight is 410 g/mol. The fourth-order valence-electron chi connectivity index (χ4n) is 3.52. The lowest BCUT2D eigenvalue weighted by molar-refractivity contribution is -0.135. The van der Waals surface area contributed by atoms with E-state index in [-0.39, 0.29) is 29.2 Å². The van der Waals surface area contributed by atoms with E-state index in [0.717, 1.165) is 19.4 Å². The van der Waals surface area contributed by atoms with Gasteiger partial charge in [-0.05, 0) is 31.4 Å². The maximum atomic E-state index is 13.0. The Labute approximate surface area is 165 Å². The van der Waals surface area contributed by atoms with Crippen molar-refractivity contribution in [2.45, 2.75) is 37.5 Å². The minimum atomic E-state index is -3.68. The lowest BCUT2D eigenvalue weighted by atomic mass is 9.96. The maximum Gasteiger partial charge on any atom is 0.262 e. The molecule has 1 fully saturated rings. The zero-order valence-electron chi connectivity index (χ0n) is 16.3. The van der Waals surface area contributed by atoms with Gasteiger partial charge >= 0.3 is 0 Å². The van der Waals surface area contributed by atoms with Crippen molar-refractivity contribution in [2.24, 2.45) is 5.92 Å². The first-order valence-electron chi connectivity index (χ1n) is 9.64. The topological polar surface area (TPSA) is 96.0 Å². The predicted octanol–water partition coefficient (Wildman–Crippen LogP) is 1.68. The Bertz CT molecular complexity index is 847. The summed E-state index contributed by atoms with van der Waals surface area (Å²) in [6.07, 6.45) is 3.04. The highest BCUT2D eigenvalue weighted by molar-refractivity contribution is 7.89. The summed E-state index contributed by atoms with van der Waals surface area (Å²) in [5.74, 6) is 0.0563. The number of hydrogen-bond acceptors (Lipinski definition) is 5. The van der Waals surface area contributed by atoms with Gasteiger partial charge in [-0.3, -0.25) is 9.59 Å². The molecule has 28 heavy (non-hydrogen) atoms. The molecule has 3 rings (SSSR count). The Balaban J connectivity index is 1.65. The van der Waals surface area contributed by atoms with Crippen LogP contribution in [0.5, 0.6) is 5.75 Å². The summed E-state index contributed by atoms with van der Waals surface area (Å²) in [6, 6.07) is 4.46. The number of sulfonamides is 1. The quantitative estimate of drug-likeness (QED) is 0.771. The van der Waals surface area contributed by atoms with Crippen LogP contribution in [0.15, 0.2) is 23.1 Å². The van der Waals surface area contributed by atoms with Crippen molar-refractivity contribution in [3.05, 3.63) is 18.2 Å². The van der Waals surface area contributed by atoms with Crippen molar-refractivity contribution < 1.29 is 22.7 Å². The molecule has 0 atom stereocenters. The number of hydrogen-bond donors (Lipinski definition) is 1. The van der Waals surface area contributed by atoms with E-state index in [4.69, 9.17) is 4.74 Å². The Hall–Kier alpha value is -2.13. The number of piperidine rings is 1. The second-order valence-corrected chi connectivity index (χ2v) is 9.22. The fourth-order valence-corrected chi connectivity index (χ4v) is 5.01. The van der Waals surface area contributed by atoms with E-state index in [2.05, 4.69) is 12.2 Å². The fraction of sp³-hybridized carbons (Fsp3) is 0.579. The van der Waals surface area contributed by atoms with Gasteiger partial charge in [-0.2, -0.15) is 4.31 Å². The van der Waals surface area contributed by atoms with E-state index < -0.39 is 10.0 Å². The molecule has 0 aliphatic carbocycles. The van der Waals surface area contributed by atoms with Gasteiger partial charge in [-0.15, -0.1) is 0 Å². The highest BCUT2D eigenvalue weighted by Gasteiger charge is 2.33. The molecule has 1 aromatic rings. The van der Waals surface area contributed by atoms with Gasteiger partial charge < -0.3 is 15.0 Å². The van der Waals surface area contributed by atoms with Crippen LogP contribution in [0.3, 0.4) is 0 Å². The maximum absolute atomic E-state index is 13.0. The summed E-state index contributed by atoms with van der Waals surface area (Å²) in [5.41, 5.74) is 0.467. The second kappa shape index (κ2) is 8.48. The molecule has 154 valence electrons. The third kappa shape index (κ3) is 4.30. The molecule has 0 spiro atoms. The van der Waals surface area contributed by atoms with Crippen LogP contribution in [0.4, 0.5) is 5.69 Å². The lowest BCUT2D eigenvalue weighted by Gasteiger charge is -2.32. The number of anilines is 1. The molecule has 0 bridgehead atoms. The third-order valence-corrected chi connectivity index (χ3v) is 7.14. The molecule has 2 amide bonds. The molecule has 0 aromatic heterocycles. The third-order valence-electron chi connectivity index (χ3n) is 5.25. The first-order chi connectivity index (χ1) is 13.3. The standard InChI is InChI=1S/C19H27N3O5S/c1-3-4-9-21(2)19(24)14-7-10-22(11-8-14)28(25,26)15-5-6-16-17(12-15)27-13-18(23)20-16/h5-6,12,14H,3-4,7-11,13H2,1-2H3,(H,20,23). The molecule has 2 aliphatic rings. The number of carbonyl (C=O) groups excluding carboxylic acids is 2. The Morgan fingerprint density at radius 3 is 2.71 bits per heavy atom. The molecular weight excluding hydrogens is 382 g/mol. The Kier molecular flexibility index (Phi) is 6.24. The van der Waals surface area contributed by atoms with E-state index in [9.17, 15) is 18.0 Å². The van der Waals surface area contributed by atoms with Crippen molar-refractivity contribution in [3.63, 3.8) is 0 Å². The van der Waals surface area contributed by atoms with Crippen LogP contribution < -0.4 is 10.1 Å². The van der Waals surface area contributed by atoms with Crippen LogP contribution in [-0.4, -0.2) is 62.7 Å². The van der Waals surface area contributed by atoms with Crippen LogP contribution in [0.2, 0.25) is 0 Å². The van der Waals surface area contributed by atoms with Crippen LogP contribution in [0.1, 0.15) is 32.6 Å². The molecule has 0 unspecified atom stereocenters. The Morgan fingerprint density at radius 2 is 2.04 bits per heavy atom. The SMILES string of the molecule is CCCCN(C)C(=O)C1CCN(S(=O)(=O)c2ccc3c(c2)OCC(=O)N3)CC1. The van der Waals surface area contributed by atoms with Crippen molar-refractivity contribution in [2.75, 3.05) is 38.6 Å². The number of carbonyl (C=O) groups is 2. The highest BCUT2D eigenvalue weighted by Crippen LogP contribution is 2.32. The molecular formula is C19H27N3O5S. The van der Waals surface area contributed by atoms with Gasteiger partial charge in [-0.1, -0.05) is 13.3 Å². The van der Waals surface area contributed by atoms with Gasteiger partial charge in [0.25, 0.3) is 5.91 Å². The van der Waals surface area contributed by atoms with Gasteiger partial charge in [0.15, 0.2) is 6.61 Å². The molecule has 2 aliphatic heterocycles. The monoisotopic (exact) mass is 409 g/mol. The summed E-state index contributed by atoms with van der Waals surface area (Å²) < 4.78 is 32.7. The number of unbranched alkanes of at least 4 members (excludes halogenated alkanes) is 1. The number of ether oxygens (including phenoxy) is 1. The zero-order valence-corrected chi connectivity index (χ0v) is 17.1. The zero-order chi connectivity index (χ0) is 20.3. The predicted molar refractivity (Wildman–Crippen MR) is 105 cm³/mol. The average Bonchev–Trinajstić information content (AvgIpc) is 2.71. The van der Waals surface area contributed by atoms with E-state index in [1.54, 1.807) is 4.90 Å². The summed E-state index contributed by atoms with van der Waals surface area (Å²) >= 11 is 0. The molecule has 0 radical (unpaired) electrons. The van der Waals surface area contributed by atoms with Crippen molar-refractivity contribution in [3.8, 4) is 5.75 Å². The molecule has 1 aromatic carbocycles. The van der Waals surface area contributed by atoms with Crippen LogP contribution in [0, 0.1) is 5.92 Å². The van der Waals surface area contributed by atoms with E-state index in [1.807, 2.05) is 7.05 Å². The first-order valence-corrected chi connectivity index (χ1v) is 11.1. The largest absolute Gasteiger partial charge is 0.482 e. The van der Waals surface area contributed by atoms with Gasteiger partial charge in [0.2, 0.25) is 15.9 Å². The van der Waals surface area contributed by atoms with Crippen LogP contribution in [-0.2, 0) is 19.6 Å². The smallest absolute Gasteiger partial charge is 0.262 e. The number of benzene rings is 1. The van der Waals surface area contributed by atoms with Gasteiger partial charge in [0.1, 0.15) is 5.75 Å². The lowest BCUT2D eigenvalue weighted by Crippen LogP contribution is -2.43. The number of rotatable bonds is 6. The molecule has 2 heterocycles. The summed E-state index contributed by atoms with van der Waals surface area (Å²) in [6.45, 7) is 3.32. The Morgan fingerprint density at radius 1 is 1.32 bits per heavy atom. The summed E-state index contributed by atoms with van der Waals surface area (Å²) in [7, 11) is -1.86.